The lowest BCUT2D eigenvalue weighted by Gasteiger charge is -2.34. The van der Waals surface area contributed by atoms with E-state index in [1.165, 1.54) is 23.8 Å². The van der Waals surface area contributed by atoms with Crippen molar-refractivity contribution in [3.63, 3.8) is 0 Å². The summed E-state index contributed by atoms with van der Waals surface area (Å²) in [6.45, 7) is 4.70. The second-order valence-corrected chi connectivity index (χ2v) is 7.09. The van der Waals surface area contributed by atoms with Gasteiger partial charge in [0, 0.05) is 43.7 Å². The van der Waals surface area contributed by atoms with E-state index in [0.29, 0.717) is 12.1 Å². The maximum absolute atomic E-state index is 12.0. The smallest absolute Gasteiger partial charge is 0.219 e. The lowest BCUT2D eigenvalue weighted by atomic mass is 10.0. The van der Waals surface area contributed by atoms with Crippen molar-refractivity contribution in [2.75, 3.05) is 13.1 Å². The summed E-state index contributed by atoms with van der Waals surface area (Å²) in [6.07, 6.45) is 6.60. The number of para-hydroxylation sites is 1. The maximum atomic E-state index is 12.0. The third kappa shape index (κ3) is 2.80. The number of carbonyl (C=O) groups excluding carboxylic acids is 1. The molecule has 2 aromatic rings. The first-order valence-electron chi connectivity index (χ1n) is 9.08. The first kappa shape index (κ1) is 15.6. The number of benzene rings is 1. The predicted octanol–water partition coefficient (Wildman–Crippen LogP) is 3.21. The normalized spacial score (nSPS) is 24.8. The number of nitrogens with zero attached hydrogens (tertiary/aromatic N) is 3. The Hall–Kier alpha value is -1.94. The van der Waals surface area contributed by atoms with Gasteiger partial charge in [0.25, 0.3) is 0 Å². The number of hydrogen-bond donors (Lipinski definition) is 0. The van der Waals surface area contributed by atoms with Crippen LogP contribution in [0.2, 0.25) is 0 Å². The van der Waals surface area contributed by atoms with Crippen LogP contribution in [0.1, 0.15) is 38.2 Å². The van der Waals surface area contributed by atoms with E-state index in [4.69, 9.17) is 0 Å². The zero-order valence-corrected chi connectivity index (χ0v) is 14.3. The van der Waals surface area contributed by atoms with E-state index in [9.17, 15) is 4.79 Å². The highest BCUT2D eigenvalue weighted by Crippen LogP contribution is 2.31. The molecule has 2 aliphatic rings. The van der Waals surface area contributed by atoms with Crippen LogP contribution < -0.4 is 0 Å². The molecule has 2 fully saturated rings. The molecule has 2 saturated heterocycles. The van der Waals surface area contributed by atoms with E-state index < -0.39 is 0 Å². The molecule has 2 aliphatic heterocycles. The molecule has 0 spiro atoms. The molecule has 1 amide bonds. The SMILES string of the molecule is CC(=O)N1CCC[C@H]1[C@@H]1CCCN1Cc1cccc2cccnc12. The molecule has 0 bridgehead atoms. The summed E-state index contributed by atoms with van der Waals surface area (Å²) in [4.78, 5) is 21.2. The molecule has 4 heteroatoms. The Bertz CT molecular complexity index is 739. The lowest BCUT2D eigenvalue weighted by Crippen LogP contribution is -2.47. The van der Waals surface area contributed by atoms with Crippen molar-refractivity contribution < 1.29 is 4.79 Å². The molecule has 3 heterocycles. The Balaban J connectivity index is 1.58. The molecule has 0 aliphatic carbocycles. The van der Waals surface area contributed by atoms with E-state index in [1.807, 2.05) is 12.3 Å². The van der Waals surface area contributed by atoms with Gasteiger partial charge in [0.1, 0.15) is 0 Å². The zero-order valence-electron chi connectivity index (χ0n) is 14.3. The summed E-state index contributed by atoms with van der Waals surface area (Å²) in [6, 6.07) is 11.5. The fourth-order valence-corrected chi connectivity index (χ4v) is 4.58. The Morgan fingerprint density at radius 1 is 1.12 bits per heavy atom. The topological polar surface area (TPSA) is 36.4 Å². The molecule has 0 N–H and O–H groups in total. The van der Waals surface area contributed by atoms with Crippen LogP contribution >= 0.6 is 0 Å². The second kappa shape index (κ2) is 6.52. The monoisotopic (exact) mass is 323 g/mol. The standard InChI is InChI=1S/C20H25N3O/c1-15(24)23-13-5-10-19(23)18-9-4-12-22(18)14-17-7-2-6-16-8-3-11-21-20(16)17/h2-3,6-8,11,18-19H,4-5,9-10,12-14H2,1H3/t18-,19-/m0/s1. The highest BCUT2D eigenvalue weighted by Gasteiger charge is 2.38. The number of fused-ring (bicyclic) bond motifs is 1. The van der Waals surface area contributed by atoms with Crippen LogP contribution in [0, 0.1) is 0 Å². The molecular weight excluding hydrogens is 298 g/mol. The largest absolute Gasteiger partial charge is 0.338 e. The van der Waals surface area contributed by atoms with Crippen molar-refractivity contribution in [3.8, 4) is 0 Å². The van der Waals surface area contributed by atoms with Crippen LogP contribution in [-0.2, 0) is 11.3 Å². The zero-order chi connectivity index (χ0) is 16.5. The van der Waals surface area contributed by atoms with Crippen molar-refractivity contribution in [1.29, 1.82) is 0 Å². The van der Waals surface area contributed by atoms with Crippen LogP contribution in [0.5, 0.6) is 0 Å². The molecule has 1 aromatic carbocycles. The number of likely N-dealkylation sites (tertiary alicyclic amines) is 2. The molecule has 0 radical (unpaired) electrons. The van der Waals surface area contributed by atoms with Gasteiger partial charge in [0.15, 0.2) is 0 Å². The van der Waals surface area contributed by atoms with Gasteiger partial charge >= 0.3 is 0 Å². The predicted molar refractivity (Wildman–Crippen MR) is 95.6 cm³/mol. The second-order valence-electron chi connectivity index (χ2n) is 7.09. The van der Waals surface area contributed by atoms with Gasteiger partial charge < -0.3 is 4.90 Å². The average Bonchev–Trinajstić information content (AvgIpc) is 3.23. The number of hydrogen-bond acceptors (Lipinski definition) is 3. The molecule has 24 heavy (non-hydrogen) atoms. The number of aromatic nitrogens is 1. The fourth-order valence-electron chi connectivity index (χ4n) is 4.58. The van der Waals surface area contributed by atoms with E-state index in [2.05, 4.69) is 39.0 Å². The third-order valence-electron chi connectivity index (χ3n) is 5.65. The van der Waals surface area contributed by atoms with Crippen LogP contribution in [0.4, 0.5) is 0 Å². The Morgan fingerprint density at radius 2 is 1.92 bits per heavy atom. The Kier molecular flexibility index (Phi) is 4.23. The van der Waals surface area contributed by atoms with Crippen molar-refractivity contribution in [1.82, 2.24) is 14.8 Å². The van der Waals surface area contributed by atoms with Gasteiger partial charge in [-0.25, -0.2) is 0 Å². The van der Waals surface area contributed by atoms with Crippen LogP contribution in [0.25, 0.3) is 10.9 Å². The molecule has 0 saturated carbocycles. The molecule has 4 nitrogen and oxygen atoms in total. The minimum atomic E-state index is 0.233. The maximum Gasteiger partial charge on any atom is 0.219 e. The molecule has 1 aromatic heterocycles. The highest BCUT2D eigenvalue weighted by molar-refractivity contribution is 5.81. The first-order valence-corrected chi connectivity index (χ1v) is 9.08. The number of amides is 1. The van der Waals surface area contributed by atoms with Crippen LogP contribution in [0.3, 0.4) is 0 Å². The summed E-state index contributed by atoms with van der Waals surface area (Å²) >= 11 is 0. The van der Waals surface area contributed by atoms with Crippen molar-refractivity contribution in [3.05, 3.63) is 42.1 Å². The molecule has 2 atom stereocenters. The number of carbonyl (C=O) groups is 1. The summed E-state index contributed by atoms with van der Waals surface area (Å²) in [7, 11) is 0. The van der Waals surface area contributed by atoms with Crippen molar-refractivity contribution >= 4 is 16.8 Å². The fraction of sp³-hybridized carbons (Fsp3) is 0.500. The van der Waals surface area contributed by atoms with Crippen LogP contribution in [-0.4, -0.2) is 45.9 Å². The van der Waals surface area contributed by atoms with E-state index >= 15 is 0 Å². The van der Waals surface area contributed by atoms with E-state index in [-0.39, 0.29) is 5.91 Å². The third-order valence-corrected chi connectivity index (χ3v) is 5.65. The summed E-state index contributed by atoms with van der Waals surface area (Å²) in [5.74, 6) is 0.233. The Morgan fingerprint density at radius 3 is 2.79 bits per heavy atom. The summed E-state index contributed by atoms with van der Waals surface area (Å²) in [5.41, 5.74) is 2.41. The summed E-state index contributed by atoms with van der Waals surface area (Å²) < 4.78 is 0. The van der Waals surface area contributed by atoms with Crippen molar-refractivity contribution in [2.24, 2.45) is 0 Å². The minimum absolute atomic E-state index is 0.233. The van der Waals surface area contributed by atoms with Gasteiger partial charge in [-0.2, -0.15) is 0 Å². The van der Waals surface area contributed by atoms with E-state index in [1.54, 1.807) is 6.92 Å². The molecule has 0 unspecified atom stereocenters. The quantitative estimate of drug-likeness (QED) is 0.870. The van der Waals surface area contributed by atoms with Crippen LogP contribution in [0.15, 0.2) is 36.5 Å². The van der Waals surface area contributed by atoms with E-state index in [0.717, 1.165) is 38.0 Å². The lowest BCUT2D eigenvalue weighted by molar-refractivity contribution is -0.130. The number of pyridine rings is 1. The van der Waals surface area contributed by atoms with Gasteiger partial charge in [0.2, 0.25) is 5.91 Å². The van der Waals surface area contributed by atoms with Gasteiger partial charge in [-0.1, -0.05) is 24.3 Å². The summed E-state index contributed by atoms with van der Waals surface area (Å²) in [5, 5.41) is 1.21. The minimum Gasteiger partial charge on any atom is -0.338 e. The molecule has 126 valence electrons. The average molecular weight is 323 g/mol. The Labute approximate surface area is 143 Å². The van der Waals surface area contributed by atoms with Gasteiger partial charge in [0.05, 0.1) is 5.52 Å². The molecule has 4 rings (SSSR count). The van der Waals surface area contributed by atoms with Gasteiger partial charge in [-0.15, -0.1) is 0 Å². The van der Waals surface area contributed by atoms with Gasteiger partial charge in [-0.3, -0.25) is 14.7 Å². The van der Waals surface area contributed by atoms with Gasteiger partial charge in [-0.05, 0) is 43.9 Å². The first-order chi connectivity index (χ1) is 11.7. The number of rotatable bonds is 3. The van der Waals surface area contributed by atoms with Crippen molar-refractivity contribution in [2.45, 2.75) is 51.2 Å². The highest BCUT2D eigenvalue weighted by atomic mass is 16.2. The molecular formula is C20H25N3O.